The molecule has 1 fully saturated rings. The van der Waals surface area contributed by atoms with Crippen molar-refractivity contribution >= 4 is 27.3 Å². The molecule has 2 aromatic carbocycles. The summed E-state index contributed by atoms with van der Waals surface area (Å²) in [5, 5.41) is 0. The molecule has 1 aliphatic rings. The Bertz CT molecular complexity index is 952. The highest BCUT2D eigenvalue weighted by Crippen LogP contribution is 2.28. The number of hydrogen-bond donors (Lipinski definition) is 0. The molecule has 1 aliphatic heterocycles. The third-order valence-corrected chi connectivity index (χ3v) is 6.35. The number of anilines is 2. The van der Waals surface area contributed by atoms with Crippen LogP contribution in [0.25, 0.3) is 0 Å². The highest BCUT2D eigenvalue weighted by atomic mass is 32.2. The van der Waals surface area contributed by atoms with Crippen molar-refractivity contribution < 1.29 is 17.9 Å². The Morgan fingerprint density at radius 1 is 1.03 bits per heavy atom. The van der Waals surface area contributed by atoms with Crippen LogP contribution in [0.4, 0.5) is 11.4 Å². The number of carbonyl (C=O) groups excluding carboxylic acids is 1. The summed E-state index contributed by atoms with van der Waals surface area (Å²) in [6.07, 6.45) is 1.18. The molecule has 0 saturated carbocycles. The third kappa shape index (κ3) is 4.64. The van der Waals surface area contributed by atoms with Gasteiger partial charge in [0.05, 0.1) is 24.7 Å². The van der Waals surface area contributed by atoms with Crippen molar-refractivity contribution in [2.24, 2.45) is 0 Å². The van der Waals surface area contributed by atoms with E-state index in [4.69, 9.17) is 4.74 Å². The first kappa shape index (κ1) is 21.0. The van der Waals surface area contributed by atoms with Gasteiger partial charge in [0.25, 0.3) is 5.91 Å². The zero-order valence-electron chi connectivity index (χ0n) is 17.0. The standard InChI is InChI=1S/C21H27N3O4S/c1-4-24(29(3,26)27)18-11-9-17(10-12-18)21(25)23-15-13-22(14-16-23)19-7-5-6-8-20(19)28-2/h5-12H,4,13-16H2,1-3H3. The molecule has 1 heterocycles. The maximum atomic E-state index is 12.9. The van der Waals surface area contributed by atoms with Gasteiger partial charge in [-0.25, -0.2) is 8.42 Å². The van der Waals surface area contributed by atoms with Crippen LogP contribution in [-0.4, -0.2) is 65.3 Å². The van der Waals surface area contributed by atoms with Crippen molar-refractivity contribution in [3.8, 4) is 5.75 Å². The molecule has 1 saturated heterocycles. The Morgan fingerprint density at radius 2 is 1.66 bits per heavy atom. The van der Waals surface area contributed by atoms with E-state index in [1.54, 1.807) is 38.3 Å². The van der Waals surface area contributed by atoms with E-state index in [0.717, 1.165) is 24.5 Å². The van der Waals surface area contributed by atoms with Gasteiger partial charge >= 0.3 is 0 Å². The second-order valence-corrected chi connectivity index (χ2v) is 8.83. The normalized spacial score (nSPS) is 14.6. The molecule has 0 N–H and O–H groups in total. The lowest BCUT2D eigenvalue weighted by Gasteiger charge is -2.36. The van der Waals surface area contributed by atoms with E-state index >= 15 is 0 Å². The van der Waals surface area contributed by atoms with Crippen LogP contribution >= 0.6 is 0 Å². The zero-order valence-corrected chi connectivity index (χ0v) is 17.9. The molecule has 0 aliphatic carbocycles. The number of benzene rings is 2. The maximum Gasteiger partial charge on any atom is 0.253 e. The first-order valence-corrected chi connectivity index (χ1v) is 11.4. The maximum absolute atomic E-state index is 12.9. The third-order valence-electron chi connectivity index (χ3n) is 5.08. The molecular weight excluding hydrogens is 390 g/mol. The van der Waals surface area contributed by atoms with Gasteiger partial charge in [0.2, 0.25) is 10.0 Å². The molecule has 0 aromatic heterocycles. The van der Waals surface area contributed by atoms with Crippen LogP contribution in [-0.2, 0) is 10.0 Å². The molecule has 0 radical (unpaired) electrons. The van der Waals surface area contributed by atoms with Crippen molar-refractivity contribution in [2.45, 2.75) is 6.92 Å². The Hall–Kier alpha value is -2.74. The molecule has 29 heavy (non-hydrogen) atoms. The smallest absolute Gasteiger partial charge is 0.253 e. The zero-order chi connectivity index (χ0) is 21.0. The number of carbonyl (C=O) groups is 1. The van der Waals surface area contributed by atoms with Crippen molar-refractivity contribution in [3.05, 3.63) is 54.1 Å². The van der Waals surface area contributed by atoms with Crippen LogP contribution in [0.5, 0.6) is 5.75 Å². The van der Waals surface area contributed by atoms with Crippen molar-refractivity contribution in [1.29, 1.82) is 0 Å². The van der Waals surface area contributed by atoms with Gasteiger partial charge in [-0.1, -0.05) is 12.1 Å². The van der Waals surface area contributed by atoms with E-state index in [-0.39, 0.29) is 5.91 Å². The topological polar surface area (TPSA) is 70.2 Å². The summed E-state index contributed by atoms with van der Waals surface area (Å²) in [6.45, 7) is 4.80. The van der Waals surface area contributed by atoms with Crippen LogP contribution in [0.3, 0.4) is 0 Å². The number of rotatable bonds is 6. The molecule has 1 amide bonds. The van der Waals surface area contributed by atoms with E-state index < -0.39 is 10.0 Å². The number of methoxy groups -OCH3 is 1. The second kappa shape index (κ2) is 8.73. The van der Waals surface area contributed by atoms with Crippen LogP contribution in [0, 0.1) is 0 Å². The fourth-order valence-electron chi connectivity index (χ4n) is 3.60. The minimum atomic E-state index is -3.34. The Labute approximate surface area is 172 Å². The average Bonchev–Trinajstić information content (AvgIpc) is 2.73. The largest absolute Gasteiger partial charge is 0.495 e. The Balaban J connectivity index is 1.66. The number of nitrogens with zero attached hydrogens (tertiary/aromatic N) is 3. The number of piperazine rings is 1. The molecule has 3 rings (SSSR count). The first-order valence-electron chi connectivity index (χ1n) is 9.60. The first-order chi connectivity index (χ1) is 13.8. The van der Waals surface area contributed by atoms with Gasteiger partial charge in [-0.05, 0) is 43.3 Å². The highest BCUT2D eigenvalue weighted by molar-refractivity contribution is 7.92. The lowest BCUT2D eigenvalue weighted by Crippen LogP contribution is -2.48. The van der Waals surface area contributed by atoms with E-state index in [1.165, 1.54) is 10.6 Å². The van der Waals surface area contributed by atoms with E-state index in [0.29, 0.717) is 30.9 Å². The number of sulfonamides is 1. The summed E-state index contributed by atoms with van der Waals surface area (Å²) in [5.74, 6) is 0.785. The van der Waals surface area contributed by atoms with Crippen molar-refractivity contribution in [2.75, 3.05) is 55.3 Å². The van der Waals surface area contributed by atoms with Crippen LogP contribution < -0.4 is 13.9 Å². The van der Waals surface area contributed by atoms with E-state index in [9.17, 15) is 13.2 Å². The number of hydrogen-bond acceptors (Lipinski definition) is 5. The van der Waals surface area contributed by atoms with Crippen molar-refractivity contribution in [1.82, 2.24) is 4.90 Å². The van der Waals surface area contributed by atoms with Gasteiger partial charge in [0, 0.05) is 38.3 Å². The monoisotopic (exact) mass is 417 g/mol. The molecule has 8 heteroatoms. The van der Waals surface area contributed by atoms with E-state index in [2.05, 4.69) is 4.90 Å². The van der Waals surface area contributed by atoms with Gasteiger partial charge in [-0.15, -0.1) is 0 Å². The quantitative estimate of drug-likeness (QED) is 0.722. The fourth-order valence-corrected chi connectivity index (χ4v) is 4.58. The lowest BCUT2D eigenvalue weighted by atomic mass is 10.1. The predicted octanol–water partition coefficient (Wildman–Crippen LogP) is 2.44. The summed E-state index contributed by atoms with van der Waals surface area (Å²) in [7, 11) is -1.68. The molecule has 0 bridgehead atoms. The molecule has 0 spiro atoms. The summed E-state index contributed by atoms with van der Waals surface area (Å²) in [6, 6.07) is 14.6. The van der Waals surface area contributed by atoms with E-state index in [1.807, 2.05) is 29.2 Å². The lowest BCUT2D eigenvalue weighted by molar-refractivity contribution is 0.0746. The number of ether oxygens (including phenoxy) is 1. The number of para-hydroxylation sites is 2. The van der Waals surface area contributed by atoms with Gasteiger partial charge in [0.15, 0.2) is 0 Å². The highest BCUT2D eigenvalue weighted by Gasteiger charge is 2.24. The Kier molecular flexibility index (Phi) is 6.32. The molecule has 0 atom stereocenters. The minimum absolute atomic E-state index is 0.0429. The van der Waals surface area contributed by atoms with Crippen LogP contribution in [0.15, 0.2) is 48.5 Å². The summed E-state index contributed by atoms with van der Waals surface area (Å²) >= 11 is 0. The fraction of sp³-hybridized carbons (Fsp3) is 0.381. The molecule has 156 valence electrons. The minimum Gasteiger partial charge on any atom is -0.495 e. The molecule has 0 unspecified atom stereocenters. The van der Waals surface area contributed by atoms with Crippen LogP contribution in [0.2, 0.25) is 0 Å². The number of amides is 1. The summed E-state index contributed by atoms with van der Waals surface area (Å²) in [4.78, 5) is 16.9. The van der Waals surface area contributed by atoms with Gasteiger partial charge < -0.3 is 14.5 Å². The molecule has 2 aromatic rings. The van der Waals surface area contributed by atoms with Crippen molar-refractivity contribution in [3.63, 3.8) is 0 Å². The second-order valence-electron chi connectivity index (χ2n) is 6.93. The van der Waals surface area contributed by atoms with Gasteiger partial charge in [-0.2, -0.15) is 0 Å². The molecular formula is C21H27N3O4S. The SMILES string of the molecule is CCN(c1ccc(C(=O)N2CCN(c3ccccc3OC)CC2)cc1)S(C)(=O)=O. The molecule has 7 nitrogen and oxygen atoms in total. The Morgan fingerprint density at radius 3 is 2.21 bits per heavy atom. The van der Waals surface area contributed by atoms with Crippen LogP contribution in [0.1, 0.15) is 17.3 Å². The predicted molar refractivity (Wildman–Crippen MR) is 115 cm³/mol. The van der Waals surface area contributed by atoms with Gasteiger partial charge in [-0.3, -0.25) is 9.10 Å². The summed E-state index contributed by atoms with van der Waals surface area (Å²) < 4.78 is 30.5. The average molecular weight is 418 g/mol. The van der Waals surface area contributed by atoms with Gasteiger partial charge in [0.1, 0.15) is 5.75 Å². The summed E-state index contributed by atoms with van der Waals surface area (Å²) in [5.41, 5.74) is 2.16.